The number of rotatable bonds is 3. The van der Waals surface area contributed by atoms with E-state index < -0.39 is 0 Å². The quantitative estimate of drug-likeness (QED) is 0.863. The van der Waals surface area contributed by atoms with Crippen LogP contribution in [0.5, 0.6) is 0 Å². The van der Waals surface area contributed by atoms with Crippen LogP contribution in [0.3, 0.4) is 0 Å². The number of fused-ring (bicyclic) bond motifs is 1. The molecule has 0 spiro atoms. The van der Waals surface area contributed by atoms with Gasteiger partial charge in [-0.05, 0) is 12.0 Å². The van der Waals surface area contributed by atoms with Crippen molar-refractivity contribution in [2.45, 2.75) is 39.3 Å². The van der Waals surface area contributed by atoms with Crippen LogP contribution in [0, 0.1) is 0 Å². The van der Waals surface area contributed by atoms with Crippen molar-refractivity contribution >= 4 is 11.3 Å². The third kappa shape index (κ3) is 2.82. The Labute approximate surface area is 117 Å². The summed E-state index contributed by atoms with van der Waals surface area (Å²) in [5.41, 5.74) is 3.65. The number of hydrogen-bond donors (Lipinski definition) is 0. The maximum Gasteiger partial charge on any atom is 0.115 e. The zero-order valence-corrected chi connectivity index (χ0v) is 12.2. The Bertz CT molecular complexity index is 564. The molecule has 0 amide bonds. The summed E-state index contributed by atoms with van der Waals surface area (Å²) in [6.45, 7) is 7.28. The lowest BCUT2D eigenvalue weighted by Crippen LogP contribution is -2.31. The van der Waals surface area contributed by atoms with Crippen molar-refractivity contribution in [2.24, 2.45) is 0 Å². The van der Waals surface area contributed by atoms with Gasteiger partial charge in [-0.2, -0.15) is 0 Å². The molecule has 0 unspecified atom stereocenters. The van der Waals surface area contributed by atoms with Gasteiger partial charge >= 0.3 is 0 Å². The van der Waals surface area contributed by atoms with Crippen molar-refractivity contribution in [3.8, 4) is 0 Å². The standard InChI is InChI=1S/C14H18N4S/c1-10(2)14-17-12(8-19-14)6-18-4-3-11-5-15-9-16-13(11)7-18/h5,8-10H,3-4,6-7H2,1-2H3. The maximum atomic E-state index is 4.70. The van der Waals surface area contributed by atoms with Gasteiger partial charge < -0.3 is 0 Å². The number of aromatic nitrogens is 3. The van der Waals surface area contributed by atoms with Gasteiger partial charge in [-0.15, -0.1) is 11.3 Å². The molecule has 2 aromatic heterocycles. The van der Waals surface area contributed by atoms with Crippen molar-refractivity contribution in [1.82, 2.24) is 19.9 Å². The second-order valence-corrected chi connectivity index (χ2v) is 6.18. The van der Waals surface area contributed by atoms with Gasteiger partial charge in [0.15, 0.2) is 0 Å². The summed E-state index contributed by atoms with van der Waals surface area (Å²) in [7, 11) is 0. The summed E-state index contributed by atoms with van der Waals surface area (Å²) in [5.74, 6) is 0.522. The first-order valence-electron chi connectivity index (χ1n) is 6.67. The Morgan fingerprint density at radius 2 is 2.32 bits per heavy atom. The fourth-order valence-electron chi connectivity index (χ4n) is 2.33. The first-order chi connectivity index (χ1) is 9.22. The Morgan fingerprint density at radius 3 is 3.11 bits per heavy atom. The molecule has 0 fully saturated rings. The van der Waals surface area contributed by atoms with E-state index in [2.05, 4.69) is 34.1 Å². The Balaban J connectivity index is 1.68. The molecular formula is C14H18N4S. The van der Waals surface area contributed by atoms with Gasteiger partial charge in [0.2, 0.25) is 0 Å². The lowest BCUT2D eigenvalue weighted by Gasteiger charge is -2.26. The highest BCUT2D eigenvalue weighted by Crippen LogP contribution is 2.22. The van der Waals surface area contributed by atoms with Gasteiger partial charge in [0.1, 0.15) is 6.33 Å². The lowest BCUT2D eigenvalue weighted by molar-refractivity contribution is 0.238. The van der Waals surface area contributed by atoms with E-state index >= 15 is 0 Å². The topological polar surface area (TPSA) is 41.9 Å². The summed E-state index contributed by atoms with van der Waals surface area (Å²) in [5, 5.41) is 3.42. The molecule has 0 aromatic carbocycles. The average Bonchev–Trinajstić information content (AvgIpc) is 2.87. The zero-order valence-electron chi connectivity index (χ0n) is 11.3. The van der Waals surface area contributed by atoms with Crippen molar-refractivity contribution in [3.63, 3.8) is 0 Å². The van der Waals surface area contributed by atoms with Crippen LogP contribution in [-0.2, 0) is 19.5 Å². The molecule has 1 aliphatic rings. The first kappa shape index (κ1) is 12.7. The summed E-state index contributed by atoms with van der Waals surface area (Å²) >= 11 is 1.77. The van der Waals surface area contributed by atoms with E-state index in [1.54, 1.807) is 17.7 Å². The number of hydrogen-bond acceptors (Lipinski definition) is 5. The monoisotopic (exact) mass is 274 g/mol. The molecule has 0 atom stereocenters. The van der Waals surface area contributed by atoms with E-state index in [1.165, 1.54) is 22.0 Å². The van der Waals surface area contributed by atoms with Crippen molar-refractivity contribution < 1.29 is 0 Å². The van der Waals surface area contributed by atoms with Crippen LogP contribution in [0.2, 0.25) is 0 Å². The van der Waals surface area contributed by atoms with Crippen molar-refractivity contribution in [2.75, 3.05) is 6.54 Å². The van der Waals surface area contributed by atoms with Crippen LogP contribution in [0.1, 0.15) is 41.7 Å². The second kappa shape index (κ2) is 5.35. The molecule has 0 saturated heterocycles. The van der Waals surface area contributed by atoms with Crippen LogP contribution < -0.4 is 0 Å². The van der Waals surface area contributed by atoms with Crippen LogP contribution in [0.15, 0.2) is 17.9 Å². The Morgan fingerprint density at radius 1 is 1.42 bits per heavy atom. The summed E-state index contributed by atoms with van der Waals surface area (Å²) in [6, 6.07) is 0. The van der Waals surface area contributed by atoms with Crippen LogP contribution in [0.4, 0.5) is 0 Å². The van der Waals surface area contributed by atoms with E-state index in [0.717, 1.165) is 26.1 Å². The SMILES string of the molecule is CC(C)c1nc(CN2CCc3cncnc3C2)cs1. The van der Waals surface area contributed by atoms with Gasteiger partial charge in [-0.1, -0.05) is 13.8 Å². The minimum atomic E-state index is 0.522. The zero-order chi connectivity index (χ0) is 13.2. The third-order valence-electron chi connectivity index (χ3n) is 3.40. The predicted molar refractivity (Wildman–Crippen MR) is 76.1 cm³/mol. The predicted octanol–water partition coefficient (Wildman–Crippen LogP) is 2.61. The summed E-state index contributed by atoms with van der Waals surface area (Å²) in [6.07, 6.45) is 4.62. The molecule has 0 N–H and O–H groups in total. The molecular weight excluding hydrogens is 256 g/mol. The normalized spacial score (nSPS) is 15.7. The molecule has 4 nitrogen and oxygen atoms in total. The van der Waals surface area contributed by atoms with Crippen LogP contribution in [0.25, 0.3) is 0 Å². The molecule has 0 bridgehead atoms. The second-order valence-electron chi connectivity index (χ2n) is 5.29. The van der Waals surface area contributed by atoms with Crippen LogP contribution >= 0.6 is 11.3 Å². The van der Waals surface area contributed by atoms with Crippen molar-refractivity contribution in [1.29, 1.82) is 0 Å². The minimum Gasteiger partial charge on any atom is -0.291 e. The summed E-state index contributed by atoms with van der Waals surface area (Å²) in [4.78, 5) is 15.6. The molecule has 0 radical (unpaired) electrons. The molecule has 0 aliphatic carbocycles. The van der Waals surface area contributed by atoms with E-state index in [4.69, 9.17) is 4.98 Å². The van der Waals surface area contributed by atoms with E-state index in [9.17, 15) is 0 Å². The van der Waals surface area contributed by atoms with E-state index in [0.29, 0.717) is 5.92 Å². The Hall–Kier alpha value is -1.33. The third-order valence-corrected chi connectivity index (χ3v) is 4.60. The Kier molecular flexibility index (Phi) is 3.57. The van der Waals surface area contributed by atoms with Gasteiger partial charge in [0.05, 0.1) is 16.4 Å². The molecule has 5 heteroatoms. The van der Waals surface area contributed by atoms with E-state index in [1.807, 2.05) is 6.20 Å². The highest BCUT2D eigenvalue weighted by molar-refractivity contribution is 7.09. The van der Waals surface area contributed by atoms with Gasteiger partial charge in [0.25, 0.3) is 0 Å². The molecule has 3 rings (SSSR count). The van der Waals surface area contributed by atoms with E-state index in [-0.39, 0.29) is 0 Å². The first-order valence-corrected chi connectivity index (χ1v) is 7.54. The molecule has 0 saturated carbocycles. The molecule has 2 aromatic rings. The van der Waals surface area contributed by atoms with Crippen LogP contribution in [-0.4, -0.2) is 26.4 Å². The molecule has 3 heterocycles. The minimum absolute atomic E-state index is 0.522. The molecule has 100 valence electrons. The summed E-state index contributed by atoms with van der Waals surface area (Å²) < 4.78 is 0. The molecule has 1 aliphatic heterocycles. The fraction of sp³-hybridized carbons (Fsp3) is 0.500. The largest absolute Gasteiger partial charge is 0.291 e. The average molecular weight is 274 g/mol. The highest BCUT2D eigenvalue weighted by Gasteiger charge is 2.18. The van der Waals surface area contributed by atoms with Gasteiger partial charge in [-0.25, -0.2) is 15.0 Å². The molecule has 19 heavy (non-hydrogen) atoms. The fourth-order valence-corrected chi connectivity index (χ4v) is 3.16. The van der Waals surface area contributed by atoms with Gasteiger partial charge in [0, 0.05) is 37.1 Å². The lowest BCUT2D eigenvalue weighted by atomic mass is 10.1. The number of thiazole rings is 1. The van der Waals surface area contributed by atoms with Gasteiger partial charge in [-0.3, -0.25) is 4.90 Å². The maximum absolute atomic E-state index is 4.70. The smallest absolute Gasteiger partial charge is 0.115 e. The highest BCUT2D eigenvalue weighted by atomic mass is 32.1. The number of nitrogens with zero attached hydrogens (tertiary/aromatic N) is 4. The van der Waals surface area contributed by atoms with Crippen molar-refractivity contribution in [3.05, 3.63) is 39.9 Å².